The summed E-state index contributed by atoms with van der Waals surface area (Å²) in [5, 5.41) is 2.79. The molecule has 0 atom stereocenters. The first-order valence-corrected chi connectivity index (χ1v) is 7.89. The van der Waals surface area contributed by atoms with Crippen LogP contribution in [0.4, 0.5) is 5.69 Å². The molecule has 5 nitrogen and oxygen atoms in total. The molecular weight excluding hydrogens is 360 g/mol. The van der Waals surface area contributed by atoms with E-state index in [0.29, 0.717) is 16.8 Å². The predicted octanol–water partition coefficient (Wildman–Crippen LogP) is 3.61. The number of hydrogen-bond acceptors (Lipinski definition) is 3. The van der Waals surface area contributed by atoms with E-state index >= 15 is 0 Å². The second-order valence-corrected chi connectivity index (χ2v) is 6.29. The second kappa shape index (κ2) is 6.04. The van der Waals surface area contributed by atoms with E-state index in [0.717, 1.165) is 15.6 Å². The molecule has 1 N–H and O–H groups in total. The fraction of sp³-hybridized carbons (Fsp3) is 0.176. The monoisotopic (exact) mass is 374 g/mol. The van der Waals surface area contributed by atoms with Crippen LogP contribution in [0.15, 0.2) is 50.1 Å². The van der Waals surface area contributed by atoms with Crippen LogP contribution in [-0.2, 0) is 11.3 Å². The number of aryl methyl sites for hydroxylation is 2. The van der Waals surface area contributed by atoms with E-state index in [4.69, 9.17) is 4.42 Å². The van der Waals surface area contributed by atoms with Crippen molar-refractivity contribution in [2.75, 3.05) is 5.32 Å². The number of rotatable bonds is 3. The fourth-order valence-corrected chi connectivity index (χ4v) is 2.64. The number of nitrogens with one attached hydrogen (secondary N) is 1. The van der Waals surface area contributed by atoms with Crippen LogP contribution in [0.25, 0.3) is 11.1 Å². The summed E-state index contributed by atoms with van der Waals surface area (Å²) in [4.78, 5) is 24.2. The lowest BCUT2D eigenvalue weighted by Gasteiger charge is -2.07. The minimum absolute atomic E-state index is 0.0929. The third kappa shape index (κ3) is 3.22. The summed E-state index contributed by atoms with van der Waals surface area (Å²) >= 11 is 3.42. The van der Waals surface area contributed by atoms with E-state index in [1.165, 1.54) is 4.57 Å². The van der Waals surface area contributed by atoms with Crippen molar-refractivity contribution in [3.05, 3.63) is 62.5 Å². The number of carbonyl (C=O) groups is 1. The van der Waals surface area contributed by atoms with Crippen molar-refractivity contribution in [1.82, 2.24) is 4.57 Å². The molecule has 6 heteroatoms. The fourth-order valence-electron chi connectivity index (χ4n) is 2.39. The van der Waals surface area contributed by atoms with E-state index in [2.05, 4.69) is 21.2 Å². The highest BCUT2D eigenvalue weighted by atomic mass is 79.9. The lowest BCUT2D eigenvalue weighted by molar-refractivity contribution is -0.116. The van der Waals surface area contributed by atoms with E-state index in [-0.39, 0.29) is 12.5 Å². The Morgan fingerprint density at radius 3 is 2.74 bits per heavy atom. The molecule has 0 aliphatic carbocycles. The van der Waals surface area contributed by atoms with Crippen molar-refractivity contribution in [2.45, 2.75) is 20.4 Å². The summed E-state index contributed by atoms with van der Waals surface area (Å²) < 4.78 is 7.47. The zero-order valence-corrected chi connectivity index (χ0v) is 14.3. The van der Waals surface area contributed by atoms with Gasteiger partial charge in [0.05, 0.1) is 5.52 Å². The Balaban J connectivity index is 1.85. The van der Waals surface area contributed by atoms with E-state index in [1.54, 1.807) is 12.1 Å². The van der Waals surface area contributed by atoms with Crippen molar-refractivity contribution in [3.63, 3.8) is 0 Å². The first-order valence-electron chi connectivity index (χ1n) is 7.10. The number of oxazole rings is 1. The lowest BCUT2D eigenvalue weighted by Crippen LogP contribution is -2.24. The maximum Gasteiger partial charge on any atom is 0.420 e. The Morgan fingerprint density at radius 2 is 2.00 bits per heavy atom. The zero-order valence-electron chi connectivity index (χ0n) is 12.7. The van der Waals surface area contributed by atoms with Crippen molar-refractivity contribution < 1.29 is 9.21 Å². The molecule has 1 heterocycles. The van der Waals surface area contributed by atoms with Crippen LogP contribution in [0.3, 0.4) is 0 Å². The van der Waals surface area contributed by atoms with Gasteiger partial charge in [0.1, 0.15) is 6.54 Å². The molecule has 0 radical (unpaired) electrons. The first kappa shape index (κ1) is 15.6. The van der Waals surface area contributed by atoms with Crippen molar-refractivity contribution >= 4 is 38.6 Å². The minimum Gasteiger partial charge on any atom is -0.408 e. The molecule has 0 spiro atoms. The van der Waals surface area contributed by atoms with Gasteiger partial charge in [0.25, 0.3) is 0 Å². The number of benzene rings is 2. The molecule has 1 amide bonds. The average molecular weight is 375 g/mol. The molecule has 0 aliphatic rings. The van der Waals surface area contributed by atoms with Crippen LogP contribution in [0.2, 0.25) is 0 Å². The molecule has 0 saturated heterocycles. The van der Waals surface area contributed by atoms with E-state index in [1.807, 2.05) is 38.1 Å². The largest absolute Gasteiger partial charge is 0.420 e. The lowest BCUT2D eigenvalue weighted by atomic mass is 10.2. The number of anilines is 1. The standard InChI is InChI=1S/C17H15BrN2O3/c1-10-3-6-15-14(7-10)20(17(22)23-15)9-16(21)19-12-4-5-13(18)11(2)8-12/h3-8H,9H2,1-2H3,(H,19,21). The van der Waals surface area contributed by atoms with Gasteiger partial charge in [0, 0.05) is 10.2 Å². The SMILES string of the molecule is Cc1ccc2oc(=O)n(CC(=O)Nc3ccc(Br)c(C)c3)c2c1. The average Bonchev–Trinajstić information content (AvgIpc) is 2.79. The first-order chi connectivity index (χ1) is 10.9. The Labute approximate surface area is 141 Å². The van der Waals surface area contributed by atoms with Gasteiger partial charge in [-0.05, 0) is 55.3 Å². The highest BCUT2D eigenvalue weighted by Gasteiger charge is 2.13. The Hall–Kier alpha value is -2.34. The van der Waals surface area contributed by atoms with Crippen LogP contribution in [0.5, 0.6) is 0 Å². The zero-order chi connectivity index (χ0) is 16.6. The summed E-state index contributed by atoms with van der Waals surface area (Å²) in [5.41, 5.74) is 3.80. The number of nitrogens with zero attached hydrogens (tertiary/aromatic N) is 1. The molecule has 1 aromatic heterocycles. The van der Waals surface area contributed by atoms with Crippen LogP contribution in [0.1, 0.15) is 11.1 Å². The van der Waals surface area contributed by atoms with Gasteiger partial charge in [-0.15, -0.1) is 0 Å². The molecule has 0 bridgehead atoms. The van der Waals surface area contributed by atoms with Gasteiger partial charge in [-0.2, -0.15) is 0 Å². The van der Waals surface area contributed by atoms with Crippen LogP contribution >= 0.6 is 15.9 Å². The highest BCUT2D eigenvalue weighted by Crippen LogP contribution is 2.20. The molecule has 3 rings (SSSR count). The van der Waals surface area contributed by atoms with Gasteiger partial charge in [-0.1, -0.05) is 22.0 Å². The van der Waals surface area contributed by atoms with Gasteiger partial charge in [0.2, 0.25) is 5.91 Å². The predicted molar refractivity (Wildman–Crippen MR) is 92.7 cm³/mol. The number of fused-ring (bicyclic) bond motifs is 1. The Morgan fingerprint density at radius 1 is 1.22 bits per heavy atom. The molecule has 3 aromatic rings. The van der Waals surface area contributed by atoms with Crippen LogP contribution < -0.4 is 11.1 Å². The molecule has 0 fully saturated rings. The molecule has 2 aromatic carbocycles. The Kier molecular flexibility index (Phi) is 4.09. The topological polar surface area (TPSA) is 64.2 Å². The third-order valence-electron chi connectivity index (χ3n) is 3.57. The third-order valence-corrected chi connectivity index (χ3v) is 4.46. The molecule has 0 saturated carbocycles. The van der Waals surface area contributed by atoms with Gasteiger partial charge in [0.15, 0.2) is 5.58 Å². The summed E-state index contributed by atoms with van der Waals surface area (Å²) in [6.45, 7) is 3.77. The van der Waals surface area contributed by atoms with E-state index in [9.17, 15) is 9.59 Å². The molecule has 118 valence electrons. The Bertz CT molecular complexity index is 956. The number of carbonyl (C=O) groups excluding carboxylic acids is 1. The van der Waals surface area contributed by atoms with Gasteiger partial charge < -0.3 is 9.73 Å². The highest BCUT2D eigenvalue weighted by molar-refractivity contribution is 9.10. The second-order valence-electron chi connectivity index (χ2n) is 5.44. The summed E-state index contributed by atoms with van der Waals surface area (Å²) in [7, 11) is 0. The van der Waals surface area contributed by atoms with Gasteiger partial charge in [-0.25, -0.2) is 4.79 Å². The molecule has 23 heavy (non-hydrogen) atoms. The number of amides is 1. The van der Waals surface area contributed by atoms with Crippen LogP contribution in [0, 0.1) is 13.8 Å². The normalized spacial score (nSPS) is 10.9. The molecule has 0 aliphatic heterocycles. The van der Waals surface area contributed by atoms with Gasteiger partial charge >= 0.3 is 5.76 Å². The molecule has 0 unspecified atom stereocenters. The maximum absolute atomic E-state index is 12.2. The van der Waals surface area contributed by atoms with Gasteiger partial charge in [-0.3, -0.25) is 9.36 Å². The number of halogens is 1. The maximum atomic E-state index is 12.2. The van der Waals surface area contributed by atoms with Crippen molar-refractivity contribution in [3.8, 4) is 0 Å². The van der Waals surface area contributed by atoms with E-state index < -0.39 is 5.76 Å². The molecular formula is C17H15BrN2O3. The number of hydrogen-bond donors (Lipinski definition) is 1. The number of aromatic nitrogens is 1. The summed E-state index contributed by atoms with van der Waals surface area (Å²) in [6, 6.07) is 11.0. The summed E-state index contributed by atoms with van der Waals surface area (Å²) in [5.74, 6) is -0.814. The minimum atomic E-state index is -0.535. The quantitative estimate of drug-likeness (QED) is 0.761. The smallest absolute Gasteiger partial charge is 0.408 e. The van der Waals surface area contributed by atoms with Crippen LogP contribution in [-0.4, -0.2) is 10.5 Å². The van der Waals surface area contributed by atoms with Crippen molar-refractivity contribution in [2.24, 2.45) is 0 Å². The van der Waals surface area contributed by atoms with Crippen molar-refractivity contribution in [1.29, 1.82) is 0 Å². The summed E-state index contributed by atoms with van der Waals surface area (Å²) in [6.07, 6.45) is 0.